The molecule has 1 heterocycles. The molecule has 0 saturated carbocycles. The molecule has 0 spiro atoms. The van der Waals surface area contributed by atoms with Gasteiger partial charge in [0.2, 0.25) is 0 Å². The molecule has 0 aliphatic rings. The van der Waals surface area contributed by atoms with Crippen molar-refractivity contribution in [3.63, 3.8) is 0 Å². The number of benzene rings is 1. The fourth-order valence-corrected chi connectivity index (χ4v) is 2.04. The van der Waals surface area contributed by atoms with E-state index in [2.05, 4.69) is 4.98 Å². The molecule has 0 atom stereocenters. The van der Waals surface area contributed by atoms with Crippen LogP contribution in [0, 0.1) is 0 Å². The van der Waals surface area contributed by atoms with Crippen molar-refractivity contribution in [1.29, 1.82) is 0 Å². The summed E-state index contributed by atoms with van der Waals surface area (Å²) in [4.78, 5) is 4.32. The van der Waals surface area contributed by atoms with E-state index in [9.17, 15) is 0 Å². The summed E-state index contributed by atoms with van der Waals surface area (Å²) in [6.45, 7) is 2.54. The molecular weight excluding hydrogens is 245 g/mol. The second-order valence-electron chi connectivity index (χ2n) is 3.33. The standard InChI is InChI=1S/C12H11Cl2NO/c1-2-16-10-5-3-4-8-6-9(7-13)12(14)15-11(8)10/h3-6H,2,7H2,1H3. The third kappa shape index (κ3) is 2.08. The molecular formula is C12H11Cl2NO. The van der Waals surface area contributed by atoms with E-state index in [0.717, 1.165) is 22.2 Å². The maximum absolute atomic E-state index is 6.02. The number of hydrogen-bond acceptors (Lipinski definition) is 2. The lowest BCUT2D eigenvalue weighted by molar-refractivity contribution is 0.343. The molecule has 2 rings (SSSR count). The van der Waals surface area contributed by atoms with E-state index in [1.807, 2.05) is 31.2 Å². The topological polar surface area (TPSA) is 22.1 Å². The molecule has 0 radical (unpaired) electrons. The number of fused-ring (bicyclic) bond motifs is 1. The molecule has 1 aromatic carbocycles. The van der Waals surface area contributed by atoms with Gasteiger partial charge in [-0.3, -0.25) is 0 Å². The van der Waals surface area contributed by atoms with Crippen LogP contribution >= 0.6 is 23.2 Å². The van der Waals surface area contributed by atoms with Crippen LogP contribution in [0.15, 0.2) is 24.3 Å². The van der Waals surface area contributed by atoms with Crippen LogP contribution in [-0.2, 0) is 5.88 Å². The maximum Gasteiger partial charge on any atom is 0.145 e. The summed E-state index contributed by atoms with van der Waals surface area (Å²) in [6, 6.07) is 7.73. The quantitative estimate of drug-likeness (QED) is 0.611. The minimum atomic E-state index is 0.362. The van der Waals surface area contributed by atoms with Gasteiger partial charge in [-0.2, -0.15) is 0 Å². The van der Waals surface area contributed by atoms with Crippen molar-refractivity contribution in [2.45, 2.75) is 12.8 Å². The van der Waals surface area contributed by atoms with Crippen molar-refractivity contribution in [1.82, 2.24) is 4.98 Å². The van der Waals surface area contributed by atoms with E-state index in [-0.39, 0.29) is 0 Å². The Labute approximate surface area is 104 Å². The lowest BCUT2D eigenvalue weighted by atomic mass is 10.1. The lowest BCUT2D eigenvalue weighted by Gasteiger charge is -2.08. The van der Waals surface area contributed by atoms with E-state index < -0.39 is 0 Å². The summed E-state index contributed by atoms with van der Waals surface area (Å²) in [5, 5.41) is 1.43. The number of aromatic nitrogens is 1. The first kappa shape index (κ1) is 11.5. The minimum Gasteiger partial charge on any atom is -0.492 e. The predicted molar refractivity (Wildman–Crippen MR) is 67.5 cm³/mol. The first-order chi connectivity index (χ1) is 7.76. The van der Waals surface area contributed by atoms with Crippen molar-refractivity contribution in [2.75, 3.05) is 6.61 Å². The average molecular weight is 256 g/mol. The van der Waals surface area contributed by atoms with E-state index in [0.29, 0.717) is 17.6 Å². The number of nitrogens with zero attached hydrogens (tertiary/aromatic N) is 1. The Morgan fingerprint density at radius 3 is 2.88 bits per heavy atom. The van der Waals surface area contributed by atoms with Gasteiger partial charge in [-0.05, 0) is 19.1 Å². The van der Waals surface area contributed by atoms with Gasteiger partial charge in [0.05, 0.1) is 12.5 Å². The van der Waals surface area contributed by atoms with Crippen LogP contribution < -0.4 is 4.74 Å². The highest BCUT2D eigenvalue weighted by molar-refractivity contribution is 6.31. The Hall–Kier alpha value is -0.990. The van der Waals surface area contributed by atoms with Gasteiger partial charge in [0, 0.05) is 10.9 Å². The van der Waals surface area contributed by atoms with Crippen molar-refractivity contribution in [3.05, 3.63) is 35.0 Å². The molecule has 0 aliphatic carbocycles. The maximum atomic E-state index is 6.02. The molecule has 0 fully saturated rings. The summed E-state index contributed by atoms with van der Waals surface area (Å²) in [5.74, 6) is 1.11. The van der Waals surface area contributed by atoms with Gasteiger partial charge in [-0.15, -0.1) is 11.6 Å². The fraction of sp³-hybridized carbons (Fsp3) is 0.250. The SMILES string of the molecule is CCOc1cccc2cc(CCl)c(Cl)nc12. The van der Waals surface area contributed by atoms with Gasteiger partial charge in [-0.1, -0.05) is 23.7 Å². The molecule has 0 saturated heterocycles. The van der Waals surface area contributed by atoms with E-state index in [4.69, 9.17) is 27.9 Å². The molecule has 0 bridgehead atoms. The van der Waals surface area contributed by atoms with Gasteiger partial charge >= 0.3 is 0 Å². The van der Waals surface area contributed by atoms with Crippen LogP contribution in [0.5, 0.6) is 5.75 Å². The third-order valence-corrected chi connectivity index (χ3v) is 2.89. The summed E-state index contributed by atoms with van der Waals surface area (Å²) >= 11 is 11.8. The van der Waals surface area contributed by atoms with Crippen molar-refractivity contribution >= 4 is 34.1 Å². The highest BCUT2D eigenvalue weighted by Gasteiger charge is 2.07. The zero-order valence-electron chi connectivity index (χ0n) is 8.84. The van der Waals surface area contributed by atoms with Gasteiger partial charge in [0.15, 0.2) is 0 Å². The zero-order valence-corrected chi connectivity index (χ0v) is 10.3. The van der Waals surface area contributed by atoms with Gasteiger partial charge in [0.1, 0.15) is 16.4 Å². The summed E-state index contributed by atoms with van der Waals surface area (Å²) < 4.78 is 5.49. The van der Waals surface area contributed by atoms with E-state index in [1.54, 1.807) is 0 Å². The largest absolute Gasteiger partial charge is 0.492 e. The Balaban J connectivity index is 2.64. The summed E-state index contributed by atoms with van der Waals surface area (Å²) in [6.07, 6.45) is 0. The molecule has 4 heteroatoms. The fourth-order valence-electron chi connectivity index (χ4n) is 1.56. The Morgan fingerprint density at radius 2 is 2.19 bits per heavy atom. The smallest absolute Gasteiger partial charge is 0.145 e. The van der Waals surface area contributed by atoms with Crippen LogP contribution in [0.4, 0.5) is 0 Å². The van der Waals surface area contributed by atoms with Crippen LogP contribution in [0.2, 0.25) is 5.15 Å². The van der Waals surface area contributed by atoms with Crippen LogP contribution in [0.25, 0.3) is 10.9 Å². The summed E-state index contributed by atoms with van der Waals surface area (Å²) in [7, 11) is 0. The number of alkyl halides is 1. The number of ether oxygens (including phenoxy) is 1. The van der Waals surface area contributed by atoms with Gasteiger partial charge < -0.3 is 4.74 Å². The Bertz CT molecular complexity index is 514. The molecule has 0 amide bonds. The average Bonchev–Trinajstić information content (AvgIpc) is 2.29. The zero-order chi connectivity index (χ0) is 11.5. The minimum absolute atomic E-state index is 0.362. The Kier molecular flexibility index (Phi) is 3.52. The summed E-state index contributed by atoms with van der Waals surface area (Å²) in [5.41, 5.74) is 1.62. The lowest BCUT2D eigenvalue weighted by Crippen LogP contribution is -1.95. The van der Waals surface area contributed by atoms with Crippen molar-refractivity contribution in [3.8, 4) is 5.75 Å². The normalized spacial score (nSPS) is 10.7. The molecule has 2 nitrogen and oxygen atoms in total. The number of pyridine rings is 1. The monoisotopic (exact) mass is 255 g/mol. The van der Waals surface area contributed by atoms with Gasteiger partial charge in [0.25, 0.3) is 0 Å². The first-order valence-electron chi connectivity index (χ1n) is 5.03. The molecule has 2 aromatic rings. The van der Waals surface area contributed by atoms with Crippen LogP contribution in [0.3, 0.4) is 0 Å². The molecule has 0 unspecified atom stereocenters. The van der Waals surface area contributed by atoms with Crippen LogP contribution in [0.1, 0.15) is 12.5 Å². The number of para-hydroxylation sites is 1. The van der Waals surface area contributed by atoms with Gasteiger partial charge in [-0.25, -0.2) is 4.98 Å². The predicted octanol–water partition coefficient (Wildman–Crippen LogP) is 4.03. The van der Waals surface area contributed by atoms with E-state index >= 15 is 0 Å². The van der Waals surface area contributed by atoms with Crippen molar-refractivity contribution < 1.29 is 4.74 Å². The molecule has 0 aliphatic heterocycles. The molecule has 1 aromatic heterocycles. The van der Waals surface area contributed by atoms with Crippen LogP contribution in [-0.4, -0.2) is 11.6 Å². The second kappa shape index (κ2) is 4.89. The molecule has 0 N–H and O–H groups in total. The third-order valence-electron chi connectivity index (χ3n) is 2.28. The number of rotatable bonds is 3. The molecule has 16 heavy (non-hydrogen) atoms. The van der Waals surface area contributed by atoms with Crippen molar-refractivity contribution in [2.24, 2.45) is 0 Å². The number of hydrogen-bond donors (Lipinski definition) is 0. The van der Waals surface area contributed by atoms with E-state index in [1.165, 1.54) is 0 Å². The highest BCUT2D eigenvalue weighted by atomic mass is 35.5. The Morgan fingerprint density at radius 1 is 1.38 bits per heavy atom. The molecule has 84 valence electrons. The second-order valence-corrected chi connectivity index (χ2v) is 3.96. The number of halogens is 2. The highest BCUT2D eigenvalue weighted by Crippen LogP contribution is 2.28. The first-order valence-corrected chi connectivity index (χ1v) is 5.94.